The van der Waals surface area contributed by atoms with E-state index in [0.717, 1.165) is 12.8 Å². The summed E-state index contributed by atoms with van der Waals surface area (Å²) in [6.07, 6.45) is 8.24. The fourth-order valence-corrected chi connectivity index (χ4v) is 3.16. The fourth-order valence-electron chi connectivity index (χ4n) is 3.16. The quantitative estimate of drug-likeness (QED) is 0.780. The third-order valence-electron chi connectivity index (χ3n) is 4.53. The van der Waals surface area contributed by atoms with Gasteiger partial charge in [0, 0.05) is 19.5 Å². The van der Waals surface area contributed by atoms with Crippen LogP contribution in [0.15, 0.2) is 0 Å². The number of carboxylic acids is 1. The number of hydrogen-bond acceptors (Lipinski definition) is 2. The van der Waals surface area contributed by atoms with E-state index in [2.05, 4.69) is 6.92 Å². The van der Waals surface area contributed by atoms with Crippen LogP contribution < -0.4 is 0 Å². The van der Waals surface area contributed by atoms with Crippen LogP contribution in [0.1, 0.15) is 58.8 Å². The van der Waals surface area contributed by atoms with Crippen LogP contribution in [0.4, 0.5) is 0 Å². The first kappa shape index (κ1) is 17.0. The normalized spacial score (nSPS) is 19.4. The lowest BCUT2D eigenvalue weighted by Crippen LogP contribution is -2.38. The van der Waals surface area contributed by atoms with E-state index in [0.29, 0.717) is 12.5 Å². The predicted molar refractivity (Wildman–Crippen MR) is 79.4 cm³/mol. The van der Waals surface area contributed by atoms with Gasteiger partial charge in [-0.15, -0.1) is 0 Å². The lowest BCUT2D eigenvalue weighted by Gasteiger charge is -2.29. The van der Waals surface area contributed by atoms with E-state index in [9.17, 15) is 9.59 Å². The third kappa shape index (κ3) is 5.14. The maximum Gasteiger partial charge on any atom is 0.308 e. The van der Waals surface area contributed by atoms with Crippen LogP contribution in [0.3, 0.4) is 0 Å². The summed E-state index contributed by atoms with van der Waals surface area (Å²) in [7, 11) is 1.73. The van der Waals surface area contributed by atoms with Crippen molar-refractivity contribution >= 4 is 11.9 Å². The minimum absolute atomic E-state index is 0.0593. The molecule has 1 aliphatic carbocycles. The smallest absolute Gasteiger partial charge is 0.308 e. The van der Waals surface area contributed by atoms with Crippen molar-refractivity contribution in [2.75, 3.05) is 13.6 Å². The molecule has 0 spiro atoms. The van der Waals surface area contributed by atoms with Crippen molar-refractivity contribution in [3.63, 3.8) is 0 Å². The van der Waals surface area contributed by atoms with Crippen molar-refractivity contribution < 1.29 is 14.7 Å². The molecule has 4 nitrogen and oxygen atoms in total. The molecule has 4 heteroatoms. The maximum atomic E-state index is 12.4. The molecule has 116 valence electrons. The Kier molecular flexibility index (Phi) is 7.03. The van der Waals surface area contributed by atoms with Gasteiger partial charge in [0.05, 0.1) is 5.92 Å². The molecule has 0 radical (unpaired) electrons. The lowest BCUT2D eigenvalue weighted by molar-refractivity contribution is -0.143. The number of rotatable bonds is 7. The van der Waals surface area contributed by atoms with Crippen molar-refractivity contribution in [1.82, 2.24) is 4.90 Å². The van der Waals surface area contributed by atoms with E-state index in [1.54, 1.807) is 18.9 Å². The molecule has 20 heavy (non-hydrogen) atoms. The number of nitrogens with zero attached hydrogens (tertiary/aromatic N) is 1. The number of hydrogen-bond donors (Lipinski definition) is 1. The van der Waals surface area contributed by atoms with Crippen LogP contribution >= 0.6 is 0 Å². The Bertz CT molecular complexity index is 324. The topological polar surface area (TPSA) is 57.6 Å². The lowest BCUT2D eigenvalue weighted by atomic mass is 9.81. The van der Waals surface area contributed by atoms with Gasteiger partial charge in [0.25, 0.3) is 0 Å². The molecule has 0 heterocycles. The molecule has 1 aliphatic rings. The van der Waals surface area contributed by atoms with Crippen molar-refractivity contribution in [1.29, 1.82) is 0 Å². The Morgan fingerprint density at radius 2 is 1.85 bits per heavy atom. The zero-order valence-corrected chi connectivity index (χ0v) is 13.1. The van der Waals surface area contributed by atoms with Crippen LogP contribution in [0.5, 0.6) is 0 Å². The minimum Gasteiger partial charge on any atom is -0.481 e. The van der Waals surface area contributed by atoms with Crippen LogP contribution in [0.2, 0.25) is 0 Å². The number of carboxylic acid groups (broad SMARTS) is 1. The molecular weight excluding hydrogens is 254 g/mol. The molecule has 1 amide bonds. The Labute approximate surface area is 122 Å². The summed E-state index contributed by atoms with van der Waals surface area (Å²) in [6.45, 7) is 4.00. The van der Waals surface area contributed by atoms with E-state index in [1.807, 2.05) is 0 Å². The van der Waals surface area contributed by atoms with Crippen LogP contribution in [0.25, 0.3) is 0 Å². The Balaban J connectivity index is 2.50. The van der Waals surface area contributed by atoms with Gasteiger partial charge in [-0.3, -0.25) is 9.59 Å². The van der Waals surface area contributed by atoms with Crippen LogP contribution in [-0.4, -0.2) is 35.5 Å². The number of carbonyl (C=O) groups excluding carboxylic acids is 1. The van der Waals surface area contributed by atoms with Gasteiger partial charge in [-0.25, -0.2) is 0 Å². The second-order valence-corrected chi connectivity index (χ2v) is 6.30. The molecule has 1 saturated carbocycles. The van der Waals surface area contributed by atoms with Crippen molar-refractivity contribution in [3.8, 4) is 0 Å². The van der Waals surface area contributed by atoms with Gasteiger partial charge in [0.2, 0.25) is 5.91 Å². The second-order valence-electron chi connectivity index (χ2n) is 6.30. The average molecular weight is 283 g/mol. The first-order chi connectivity index (χ1) is 9.45. The highest BCUT2D eigenvalue weighted by Gasteiger charge is 2.26. The number of carbonyl (C=O) groups is 2. The van der Waals surface area contributed by atoms with Crippen molar-refractivity contribution in [2.45, 2.75) is 58.8 Å². The summed E-state index contributed by atoms with van der Waals surface area (Å²) in [4.78, 5) is 24.9. The SMILES string of the molecule is CCC(CC1CCCCC1)C(=O)N(C)CC(C)C(=O)O. The predicted octanol–water partition coefficient (Wildman–Crippen LogP) is 3.16. The van der Waals surface area contributed by atoms with Gasteiger partial charge in [0.1, 0.15) is 0 Å². The molecule has 0 aromatic rings. The molecule has 0 aliphatic heterocycles. The standard InChI is InChI=1S/C16H29NO3/c1-4-14(10-13-8-6-5-7-9-13)15(18)17(3)11-12(2)16(19)20/h12-14H,4-11H2,1-3H3,(H,19,20). The third-order valence-corrected chi connectivity index (χ3v) is 4.53. The molecule has 0 aromatic carbocycles. The van der Waals surface area contributed by atoms with Crippen molar-refractivity contribution in [3.05, 3.63) is 0 Å². The van der Waals surface area contributed by atoms with Gasteiger partial charge in [0.15, 0.2) is 0 Å². The highest BCUT2D eigenvalue weighted by Crippen LogP contribution is 2.30. The van der Waals surface area contributed by atoms with Gasteiger partial charge in [-0.1, -0.05) is 46.0 Å². The average Bonchev–Trinajstić information content (AvgIpc) is 2.44. The molecule has 2 atom stereocenters. The van der Waals surface area contributed by atoms with E-state index in [4.69, 9.17) is 5.11 Å². The van der Waals surface area contributed by atoms with E-state index in [1.165, 1.54) is 32.1 Å². The summed E-state index contributed by atoms with van der Waals surface area (Å²) in [5.41, 5.74) is 0. The summed E-state index contributed by atoms with van der Waals surface area (Å²) >= 11 is 0. The maximum absolute atomic E-state index is 12.4. The molecule has 0 bridgehead atoms. The first-order valence-corrected chi connectivity index (χ1v) is 7.93. The summed E-state index contributed by atoms with van der Waals surface area (Å²) < 4.78 is 0. The number of amides is 1. The van der Waals surface area contributed by atoms with Crippen LogP contribution in [0, 0.1) is 17.8 Å². The highest BCUT2D eigenvalue weighted by atomic mass is 16.4. The van der Waals surface area contributed by atoms with Gasteiger partial charge >= 0.3 is 5.97 Å². The van der Waals surface area contributed by atoms with Gasteiger partial charge in [-0.05, 0) is 18.8 Å². The first-order valence-electron chi connectivity index (χ1n) is 7.93. The summed E-state index contributed by atoms with van der Waals surface area (Å²) in [5, 5.41) is 8.93. The minimum atomic E-state index is -0.843. The van der Waals surface area contributed by atoms with Gasteiger partial charge in [-0.2, -0.15) is 0 Å². The zero-order valence-electron chi connectivity index (χ0n) is 13.1. The highest BCUT2D eigenvalue weighted by molar-refractivity contribution is 5.79. The monoisotopic (exact) mass is 283 g/mol. The van der Waals surface area contributed by atoms with Gasteiger partial charge < -0.3 is 10.0 Å². The van der Waals surface area contributed by atoms with E-state index < -0.39 is 11.9 Å². The molecular formula is C16H29NO3. The second kappa shape index (κ2) is 8.28. The van der Waals surface area contributed by atoms with E-state index >= 15 is 0 Å². The molecule has 0 saturated heterocycles. The Hall–Kier alpha value is -1.06. The molecule has 1 rings (SSSR count). The number of aliphatic carboxylic acids is 1. The molecule has 0 aromatic heterocycles. The van der Waals surface area contributed by atoms with Crippen LogP contribution in [-0.2, 0) is 9.59 Å². The largest absolute Gasteiger partial charge is 0.481 e. The fraction of sp³-hybridized carbons (Fsp3) is 0.875. The summed E-state index contributed by atoms with van der Waals surface area (Å²) in [6, 6.07) is 0. The van der Waals surface area contributed by atoms with Crippen molar-refractivity contribution in [2.24, 2.45) is 17.8 Å². The zero-order chi connectivity index (χ0) is 15.1. The molecule has 1 fully saturated rings. The summed E-state index contributed by atoms with van der Waals surface area (Å²) in [5.74, 6) is -0.487. The van der Waals surface area contributed by atoms with E-state index in [-0.39, 0.29) is 11.8 Å². The molecule has 2 unspecified atom stereocenters. The Morgan fingerprint density at radius 3 is 2.35 bits per heavy atom. The Morgan fingerprint density at radius 1 is 1.25 bits per heavy atom. The molecule has 1 N–H and O–H groups in total.